The van der Waals surface area contributed by atoms with Crippen molar-refractivity contribution in [2.75, 3.05) is 4.72 Å². The number of carbonyl (C=O) groups excluding carboxylic acids is 1. The molecule has 0 unspecified atom stereocenters. The van der Waals surface area contributed by atoms with Crippen molar-refractivity contribution in [1.29, 1.82) is 0 Å². The first kappa shape index (κ1) is 19.4. The van der Waals surface area contributed by atoms with E-state index in [0.29, 0.717) is 11.3 Å². The topological polar surface area (TPSA) is 83.5 Å². The highest BCUT2D eigenvalue weighted by atomic mass is 32.2. The number of hydrogen-bond acceptors (Lipinski definition) is 4. The standard InChI is InChI=1S/C22H19NO4S/c1-16-5-12-21(13-6-16)28(26,27)23-19-4-2-3-18(15-19)22(25)14-9-17-7-10-20(24)11-8-17/h2-15,23-24H,1H3/b14-9+. The molecule has 3 rings (SSSR count). The Morgan fingerprint density at radius 1 is 0.964 bits per heavy atom. The Balaban J connectivity index is 1.77. The Bertz CT molecular complexity index is 1120. The molecule has 0 radical (unpaired) electrons. The highest BCUT2D eigenvalue weighted by Gasteiger charge is 2.14. The normalized spacial score (nSPS) is 11.5. The van der Waals surface area contributed by atoms with Gasteiger partial charge in [0.05, 0.1) is 4.90 Å². The van der Waals surface area contributed by atoms with E-state index in [1.165, 1.54) is 36.4 Å². The molecular formula is C22H19NO4S. The molecule has 142 valence electrons. The van der Waals surface area contributed by atoms with Gasteiger partial charge >= 0.3 is 0 Å². The van der Waals surface area contributed by atoms with Crippen molar-refractivity contribution in [3.63, 3.8) is 0 Å². The zero-order valence-corrected chi connectivity index (χ0v) is 16.0. The van der Waals surface area contributed by atoms with E-state index in [-0.39, 0.29) is 16.4 Å². The third-order valence-electron chi connectivity index (χ3n) is 4.05. The summed E-state index contributed by atoms with van der Waals surface area (Å²) in [6.07, 6.45) is 3.03. The van der Waals surface area contributed by atoms with Gasteiger partial charge in [-0.2, -0.15) is 0 Å². The highest BCUT2D eigenvalue weighted by molar-refractivity contribution is 7.92. The molecule has 0 fully saturated rings. The molecular weight excluding hydrogens is 374 g/mol. The molecule has 28 heavy (non-hydrogen) atoms. The zero-order valence-electron chi connectivity index (χ0n) is 15.2. The van der Waals surface area contributed by atoms with Gasteiger partial charge in [-0.25, -0.2) is 8.42 Å². The summed E-state index contributed by atoms with van der Waals surface area (Å²) in [5.41, 5.74) is 2.40. The number of aryl methyl sites for hydroxylation is 1. The van der Waals surface area contributed by atoms with Crippen molar-refractivity contribution < 1.29 is 18.3 Å². The molecule has 0 saturated carbocycles. The maximum Gasteiger partial charge on any atom is 0.261 e. The zero-order chi connectivity index (χ0) is 20.1. The molecule has 0 aliphatic rings. The fourth-order valence-electron chi connectivity index (χ4n) is 2.52. The highest BCUT2D eigenvalue weighted by Crippen LogP contribution is 2.19. The Labute approximate surface area is 164 Å². The Morgan fingerprint density at radius 3 is 2.32 bits per heavy atom. The second-order valence-electron chi connectivity index (χ2n) is 6.29. The summed E-state index contributed by atoms with van der Waals surface area (Å²) < 4.78 is 27.5. The number of ketones is 1. The molecule has 0 amide bonds. The van der Waals surface area contributed by atoms with Crippen LogP contribution in [0, 0.1) is 6.92 Å². The predicted molar refractivity (Wildman–Crippen MR) is 110 cm³/mol. The van der Waals surface area contributed by atoms with Crippen molar-refractivity contribution in [2.24, 2.45) is 0 Å². The summed E-state index contributed by atoms with van der Waals surface area (Å²) >= 11 is 0. The van der Waals surface area contributed by atoms with Crippen LogP contribution in [0.3, 0.4) is 0 Å². The van der Waals surface area contributed by atoms with E-state index in [1.807, 2.05) is 6.92 Å². The molecule has 0 aromatic heterocycles. The van der Waals surface area contributed by atoms with Gasteiger partial charge in [-0.3, -0.25) is 9.52 Å². The van der Waals surface area contributed by atoms with Gasteiger partial charge in [0, 0.05) is 11.3 Å². The van der Waals surface area contributed by atoms with Crippen LogP contribution in [0.2, 0.25) is 0 Å². The summed E-state index contributed by atoms with van der Waals surface area (Å²) in [5, 5.41) is 9.28. The molecule has 6 heteroatoms. The van der Waals surface area contributed by atoms with E-state index in [2.05, 4.69) is 4.72 Å². The van der Waals surface area contributed by atoms with E-state index in [1.54, 1.807) is 48.5 Å². The van der Waals surface area contributed by atoms with E-state index >= 15 is 0 Å². The van der Waals surface area contributed by atoms with E-state index in [9.17, 15) is 18.3 Å². The number of nitrogens with one attached hydrogen (secondary N) is 1. The Kier molecular flexibility index (Phi) is 5.61. The molecule has 0 aliphatic carbocycles. The number of benzene rings is 3. The number of sulfonamides is 1. The number of hydrogen-bond donors (Lipinski definition) is 2. The van der Waals surface area contributed by atoms with Crippen molar-refractivity contribution in [3.05, 3.63) is 95.6 Å². The van der Waals surface area contributed by atoms with Gasteiger partial charge in [0.1, 0.15) is 5.75 Å². The number of aromatic hydroxyl groups is 1. The van der Waals surface area contributed by atoms with Crippen LogP contribution in [0.4, 0.5) is 5.69 Å². The first-order valence-corrected chi connectivity index (χ1v) is 10.0. The molecule has 0 saturated heterocycles. The number of anilines is 1. The summed E-state index contributed by atoms with van der Waals surface area (Å²) in [7, 11) is -3.73. The van der Waals surface area contributed by atoms with Gasteiger partial charge in [-0.15, -0.1) is 0 Å². The summed E-state index contributed by atoms with van der Waals surface area (Å²) in [6, 6.07) is 19.3. The lowest BCUT2D eigenvalue weighted by atomic mass is 10.1. The fourth-order valence-corrected chi connectivity index (χ4v) is 3.57. The van der Waals surface area contributed by atoms with Crippen LogP contribution in [-0.4, -0.2) is 19.3 Å². The fraction of sp³-hybridized carbons (Fsp3) is 0.0455. The van der Waals surface area contributed by atoms with E-state index in [4.69, 9.17) is 0 Å². The lowest BCUT2D eigenvalue weighted by molar-refractivity contribution is 0.104. The minimum Gasteiger partial charge on any atom is -0.508 e. The lowest BCUT2D eigenvalue weighted by Gasteiger charge is -2.09. The first-order valence-electron chi connectivity index (χ1n) is 8.54. The van der Waals surface area contributed by atoms with Crippen LogP contribution < -0.4 is 4.72 Å². The van der Waals surface area contributed by atoms with Crippen LogP contribution in [0.5, 0.6) is 5.75 Å². The summed E-state index contributed by atoms with van der Waals surface area (Å²) in [4.78, 5) is 12.6. The van der Waals surface area contributed by atoms with Crippen molar-refractivity contribution >= 4 is 27.6 Å². The number of rotatable bonds is 6. The van der Waals surface area contributed by atoms with Crippen LogP contribution >= 0.6 is 0 Å². The van der Waals surface area contributed by atoms with Crippen molar-refractivity contribution in [1.82, 2.24) is 0 Å². The molecule has 2 N–H and O–H groups in total. The second-order valence-corrected chi connectivity index (χ2v) is 7.97. The number of phenols is 1. The SMILES string of the molecule is Cc1ccc(S(=O)(=O)Nc2cccc(C(=O)/C=C/c3ccc(O)cc3)c2)cc1. The van der Waals surface area contributed by atoms with Crippen LogP contribution in [0.15, 0.2) is 83.8 Å². The minimum atomic E-state index is -3.73. The molecule has 5 nitrogen and oxygen atoms in total. The first-order chi connectivity index (χ1) is 13.3. The third-order valence-corrected chi connectivity index (χ3v) is 5.45. The maximum absolute atomic E-state index is 12.5. The molecule has 0 heterocycles. The lowest BCUT2D eigenvalue weighted by Crippen LogP contribution is -2.13. The van der Waals surface area contributed by atoms with Crippen LogP contribution in [0.25, 0.3) is 6.08 Å². The van der Waals surface area contributed by atoms with E-state index in [0.717, 1.165) is 11.1 Å². The van der Waals surface area contributed by atoms with Gasteiger partial charge in [0.25, 0.3) is 10.0 Å². The number of allylic oxidation sites excluding steroid dienone is 1. The summed E-state index contributed by atoms with van der Waals surface area (Å²) in [5.74, 6) is -0.110. The van der Waals surface area contributed by atoms with Crippen LogP contribution in [0.1, 0.15) is 21.5 Å². The molecule has 0 spiro atoms. The molecule has 3 aromatic rings. The maximum atomic E-state index is 12.5. The van der Waals surface area contributed by atoms with Gasteiger partial charge in [0.15, 0.2) is 5.78 Å². The average Bonchev–Trinajstić information content (AvgIpc) is 2.67. The Hall–Kier alpha value is -3.38. The van der Waals surface area contributed by atoms with Crippen molar-refractivity contribution in [2.45, 2.75) is 11.8 Å². The Morgan fingerprint density at radius 2 is 1.64 bits per heavy atom. The quantitative estimate of drug-likeness (QED) is 0.480. The minimum absolute atomic E-state index is 0.150. The summed E-state index contributed by atoms with van der Waals surface area (Å²) in [6.45, 7) is 1.88. The second kappa shape index (κ2) is 8.10. The molecule has 3 aromatic carbocycles. The monoisotopic (exact) mass is 393 g/mol. The van der Waals surface area contributed by atoms with Gasteiger partial charge in [-0.05, 0) is 55.0 Å². The molecule has 0 bridgehead atoms. The predicted octanol–water partition coefficient (Wildman–Crippen LogP) is 4.40. The smallest absolute Gasteiger partial charge is 0.261 e. The van der Waals surface area contributed by atoms with Crippen LogP contribution in [-0.2, 0) is 10.0 Å². The average molecular weight is 393 g/mol. The number of phenolic OH excluding ortho intramolecular Hbond substituents is 1. The van der Waals surface area contributed by atoms with E-state index < -0.39 is 10.0 Å². The molecule has 0 atom stereocenters. The molecule has 0 aliphatic heterocycles. The van der Waals surface area contributed by atoms with Crippen molar-refractivity contribution in [3.8, 4) is 5.75 Å². The largest absolute Gasteiger partial charge is 0.508 e. The van der Waals surface area contributed by atoms with Gasteiger partial charge in [0.2, 0.25) is 0 Å². The van der Waals surface area contributed by atoms with Gasteiger partial charge in [-0.1, -0.05) is 48.0 Å². The van der Waals surface area contributed by atoms with Gasteiger partial charge < -0.3 is 5.11 Å². The number of carbonyl (C=O) groups is 1. The third kappa shape index (κ3) is 4.86.